The van der Waals surface area contributed by atoms with Gasteiger partial charge in [0.15, 0.2) is 0 Å². The molecule has 2 bridgehead atoms. The number of nitrogens with zero attached hydrogens (tertiary/aromatic N) is 2. The highest BCUT2D eigenvalue weighted by molar-refractivity contribution is 5.94. The van der Waals surface area contributed by atoms with Gasteiger partial charge in [-0.05, 0) is 79.8 Å². The Kier molecular flexibility index (Phi) is 6.15. The Balaban J connectivity index is 1.36. The Morgan fingerprint density at radius 3 is 2.28 bits per heavy atom. The second-order valence-electron chi connectivity index (χ2n) is 9.47. The molecule has 2 saturated heterocycles. The highest BCUT2D eigenvalue weighted by Crippen LogP contribution is 2.43. The quantitative estimate of drug-likeness (QED) is 0.598. The highest BCUT2D eigenvalue weighted by atomic mass is 19.2. The van der Waals surface area contributed by atoms with E-state index in [1.165, 1.54) is 29.3 Å². The van der Waals surface area contributed by atoms with Crippen LogP contribution < -0.4 is 10.5 Å². The number of hydrogen-bond donors (Lipinski definition) is 2. The van der Waals surface area contributed by atoms with Crippen LogP contribution in [0.4, 0.5) is 8.78 Å². The second-order valence-corrected chi connectivity index (χ2v) is 9.47. The lowest BCUT2D eigenvalue weighted by molar-refractivity contribution is -0.167. The monoisotopic (exact) mass is 495 g/mol. The standard InChI is InChI=1S/C27H27F2N3O4/c28-18-5-11-23(12-6-18)36-27(29)24(26(30)35)2-1-13-31(27)21-15-19-7-8-20(16-21)32(19)25(34)14-17-3-9-22(33)10-4-17/h1-6,9-13,19-21,33H,7-8,14-16H2,(H2,30,35). The number of primary amides is 1. The third-order valence-electron chi connectivity index (χ3n) is 7.19. The lowest BCUT2D eigenvalue weighted by atomic mass is 9.93. The Labute approximate surface area is 207 Å². The van der Waals surface area contributed by atoms with Crippen molar-refractivity contribution in [1.82, 2.24) is 9.80 Å². The van der Waals surface area contributed by atoms with Gasteiger partial charge in [-0.1, -0.05) is 12.1 Å². The first-order valence-corrected chi connectivity index (χ1v) is 11.9. The Hall–Kier alpha value is -3.88. The molecule has 3 N–H and O–H groups in total. The van der Waals surface area contributed by atoms with Crippen molar-refractivity contribution < 1.29 is 28.2 Å². The number of halogens is 2. The van der Waals surface area contributed by atoms with E-state index in [-0.39, 0.29) is 47.5 Å². The van der Waals surface area contributed by atoms with Gasteiger partial charge in [0, 0.05) is 24.3 Å². The number of piperidine rings is 1. The van der Waals surface area contributed by atoms with Crippen LogP contribution in [0.5, 0.6) is 11.5 Å². The first-order chi connectivity index (χ1) is 17.2. The summed E-state index contributed by atoms with van der Waals surface area (Å²) in [4.78, 5) is 28.6. The summed E-state index contributed by atoms with van der Waals surface area (Å²) in [5.41, 5.74) is 5.96. The van der Waals surface area contributed by atoms with Crippen LogP contribution in [-0.4, -0.2) is 50.8 Å². The van der Waals surface area contributed by atoms with Gasteiger partial charge >= 0.3 is 5.98 Å². The molecule has 5 rings (SSSR count). The number of fused-ring (bicyclic) bond motifs is 2. The second kappa shape index (κ2) is 9.29. The van der Waals surface area contributed by atoms with E-state index in [4.69, 9.17) is 10.5 Å². The van der Waals surface area contributed by atoms with E-state index >= 15 is 4.39 Å². The van der Waals surface area contributed by atoms with Crippen molar-refractivity contribution in [3.63, 3.8) is 0 Å². The number of phenolic OH excluding ortho intramolecular Hbond substituents is 1. The zero-order chi connectivity index (χ0) is 25.4. The number of benzene rings is 2. The first-order valence-electron chi connectivity index (χ1n) is 11.9. The summed E-state index contributed by atoms with van der Waals surface area (Å²) in [5, 5.41) is 9.49. The van der Waals surface area contributed by atoms with Gasteiger partial charge in [-0.3, -0.25) is 9.59 Å². The van der Waals surface area contributed by atoms with Gasteiger partial charge < -0.3 is 25.4 Å². The fraction of sp³-hybridized carbons (Fsp3) is 0.333. The molecule has 2 amide bonds. The van der Waals surface area contributed by atoms with Crippen molar-refractivity contribution in [1.29, 1.82) is 0 Å². The van der Waals surface area contributed by atoms with Crippen molar-refractivity contribution in [3.05, 3.63) is 83.8 Å². The van der Waals surface area contributed by atoms with E-state index in [1.807, 2.05) is 4.90 Å². The van der Waals surface area contributed by atoms with Gasteiger partial charge in [0.05, 0.1) is 6.42 Å². The summed E-state index contributed by atoms with van der Waals surface area (Å²) in [6, 6.07) is 10.9. The van der Waals surface area contributed by atoms with Gasteiger partial charge in [-0.15, -0.1) is 0 Å². The summed E-state index contributed by atoms with van der Waals surface area (Å²) >= 11 is 0. The summed E-state index contributed by atoms with van der Waals surface area (Å²) < 4.78 is 35.7. The number of ether oxygens (including phenoxy) is 1. The maximum Gasteiger partial charge on any atom is 0.365 e. The Morgan fingerprint density at radius 2 is 1.67 bits per heavy atom. The minimum Gasteiger partial charge on any atom is -0.508 e. The number of alkyl halides is 1. The van der Waals surface area contributed by atoms with Crippen LogP contribution in [0, 0.1) is 5.82 Å². The predicted octanol–water partition coefficient (Wildman–Crippen LogP) is 3.54. The summed E-state index contributed by atoms with van der Waals surface area (Å²) in [7, 11) is 0. The molecule has 188 valence electrons. The number of carbonyl (C=O) groups is 2. The fourth-order valence-corrected chi connectivity index (χ4v) is 5.59. The fourth-order valence-electron chi connectivity index (χ4n) is 5.59. The molecular weight excluding hydrogens is 468 g/mol. The van der Waals surface area contributed by atoms with E-state index in [2.05, 4.69) is 0 Å². The largest absolute Gasteiger partial charge is 0.508 e. The Bertz CT molecular complexity index is 1200. The third-order valence-corrected chi connectivity index (χ3v) is 7.19. The normalized spacial score (nSPS) is 27.1. The van der Waals surface area contributed by atoms with Crippen molar-refractivity contribution >= 4 is 11.8 Å². The van der Waals surface area contributed by atoms with Crippen LogP contribution in [-0.2, 0) is 16.0 Å². The molecule has 36 heavy (non-hydrogen) atoms. The number of nitrogens with two attached hydrogens (primary N) is 1. The van der Waals surface area contributed by atoms with Gasteiger partial charge in [-0.2, -0.15) is 4.39 Å². The third kappa shape index (κ3) is 4.41. The SMILES string of the molecule is NC(=O)C1=CC=CN(C2CC3CCC(C2)N3C(=O)Cc2ccc(O)cc2)C1(F)Oc1ccc(F)cc1. The molecule has 0 aliphatic carbocycles. The maximum absolute atomic E-state index is 16.7. The number of hydrogen-bond acceptors (Lipinski definition) is 5. The molecular formula is C27H27F2N3O4. The number of phenols is 1. The van der Waals surface area contributed by atoms with Crippen LogP contribution in [0.15, 0.2) is 72.5 Å². The van der Waals surface area contributed by atoms with E-state index in [1.54, 1.807) is 30.3 Å². The van der Waals surface area contributed by atoms with Crippen LogP contribution in [0.25, 0.3) is 0 Å². The number of amides is 2. The van der Waals surface area contributed by atoms with Crippen molar-refractivity contribution in [2.45, 2.75) is 56.2 Å². The molecule has 9 heteroatoms. The van der Waals surface area contributed by atoms with E-state index < -0.39 is 17.7 Å². The molecule has 3 atom stereocenters. The highest BCUT2D eigenvalue weighted by Gasteiger charge is 2.53. The summed E-state index contributed by atoms with van der Waals surface area (Å²) in [5.74, 6) is -3.95. The topological polar surface area (TPSA) is 96.1 Å². The molecule has 3 aliphatic heterocycles. The lowest BCUT2D eigenvalue weighted by Crippen LogP contribution is -2.60. The molecule has 0 radical (unpaired) electrons. The number of aromatic hydroxyl groups is 1. The molecule has 7 nitrogen and oxygen atoms in total. The molecule has 0 aromatic heterocycles. The van der Waals surface area contributed by atoms with E-state index in [9.17, 15) is 19.1 Å². The molecule has 3 aliphatic rings. The molecule has 0 spiro atoms. The van der Waals surface area contributed by atoms with Gasteiger partial charge in [0.25, 0.3) is 5.91 Å². The predicted molar refractivity (Wildman–Crippen MR) is 128 cm³/mol. The van der Waals surface area contributed by atoms with Crippen LogP contribution >= 0.6 is 0 Å². The van der Waals surface area contributed by atoms with Crippen molar-refractivity contribution in [2.75, 3.05) is 0 Å². The van der Waals surface area contributed by atoms with Crippen molar-refractivity contribution in [3.8, 4) is 11.5 Å². The van der Waals surface area contributed by atoms with Crippen molar-refractivity contribution in [2.24, 2.45) is 5.73 Å². The van der Waals surface area contributed by atoms with Crippen LogP contribution in [0.3, 0.4) is 0 Å². The molecule has 2 aromatic carbocycles. The van der Waals surface area contributed by atoms with Gasteiger partial charge in [0.2, 0.25) is 5.91 Å². The minimum atomic E-state index is -2.68. The van der Waals surface area contributed by atoms with Crippen LogP contribution in [0.2, 0.25) is 0 Å². The first kappa shape index (κ1) is 23.8. The molecule has 3 heterocycles. The molecule has 0 saturated carbocycles. The summed E-state index contributed by atoms with van der Waals surface area (Å²) in [6.07, 6.45) is 7.18. The Morgan fingerprint density at radius 1 is 1.03 bits per heavy atom. The van der Waals surface area contributed by atoms with Gasteiger partial charge in [0.1, 0.15) is 22.9 Å². The smallest absolute Gasteiger partial charge is 0.365 e. The minimum absolute atomic E-state index is 0.00683. The van der Waals surface area contributed by atoms with Crippen LogP contribution in [0.1, 0.15) is 31.2 Å². The maximum atomic E-state index is 16.7. The average molecular weight is 496 g/mol. The van der Waals surface area contributed by atoms with Gasteiger partial charge in [-0.25, -0.2) is 4.39 Å². The zero-order valence-corrected chi connectivity index (χ0v) is 19.5. The average Bonchev–Trinajstić information content (AvgIpc) is 3.11. The van der Waals surface area contributed by atoms with E-state index in [0.717, 1.165) is 30.5 Å². The van der Waals surface area contributed by atoms with E-state index in [0.29, 0.717) is 12.8 Å². The number of allylic oxidation sites excluding steroid dienone is 2. The summed E-state index contributed by atoms with van der Waals surface area (Å²) in [6.45, 7) is 0. The molecule has 2 aromatic rings. The number of rotatable bonds is 6. The number of carbonyl (C=O) groups excluding carboxylic acids is 2. The lowest BCUT2D eigenvalue weighted by Gasteiger charge is -2.48. The zero-order valence-electron chi connectivity index (χ0n) is 19.5. The molecule has 2 fully saturated rings. The molecule has 3 unspecified atom stereocenters.